The van der Waals surface area contributed by atoms with Gasteiger partial charge in [0.05, 0.1) is 0 Å². The van der Waals surface area contributed by atoms with Gasteiger partial charge in [-0.15, -0.1) is 0 Å². The summed E-state index contributed by atoms with van der Waals surface area (Å²) in [7, 11) is 0. The summed E-state index contributed by atoms with van der Waals surface area (Å²) in [6.07, 6.45) is -0.543. The third-order valence-electron chi connectivity index (χ3n) is 2.65. The van der Waals surface area contributed by atoms with Gasteiger partial charge in [0.1, 0.15) is 12.6 Å². The fraction of sp³-hybridized carbons (Fsp3) is 0.308. The van der Waals surface area contributed by atoms with Crippen LogP contribution in [0.2, 0.25) is 0 Å². The third-order valence-corrected chi connectivity index (χ3v) is 2.65. The molecule has 1 aromatic carbocycles. The highest BCUT2D eigenvalue weighted by Crippen LogP contribution is 2.08. The molecule has 1 N–H and O–H groups in total. The molecule has 1 aliphatic rings. The quantitative estimate of drug-likeness (QED) is 0.642. The minimum absolute atomic E-state index is 0. The van der Waals surface area contributed by atoms with Gasteiger partial charge in [-0.2, -0.15) is 0 Å². The summed E-state index contributed by atoms with van der Waals surface area (Å²) in [4.78, 5) is 33.3. The molecule has 19 heavy (non-hydrogen) atoms. The standard InChI is InChI=1S/C13H13NO5.H2/c15-11(18-8-9-4-2-1-3-5-9)7-6-10-12(16)19-13(17)14-10;/h1-5,10H,6-8H2,(H,14,17);1H/t10-;/m0./s1. The van der Waals surface area contributed by atoms with Crippen molar-refractivity contribution >= 4 is 18.0 Å². The zero-order chi connectivity index (χ0) is 13.7. The molecule has 0 spiro atoms. The van der Waals surface area contributed by atoms with E-state index >= 15 is 0 Å². The largest absolute Gasteiger partial charge is 0.461 e. The van der Waals surface area contributed by atoms with Gasteiger partial charge in [-0.1, -0.05) is 30.3 Å². The van der Waals surface area contributed by atoms with Crippen LogP contribution in [-0.2, 0) is 25.7 Å². The topological polar surface area (TPSA) is 81.7 Å². The monoisotopic (exact) mass is 265 g/mol. The molecule has 0 bridgehead atoms. The number of hydrogen-bond acceptors (Lipinski definition) is 5. The Kier molecular flexibility index (Phi) is 4.12. The molecule has 2 rings (SSSR count). The van der Waals surface area contributed by atoms with Crippen LogP contribution in [0.3, 0.4) is 0 Å². The first-order chi connectivity index (χ1) is 9.15. The minimum Gasteiger partial charge on any atom is -0.461 e. The van der Waals surface area contributed by atoms with E-state index in [1.54, 1.807) is 0 Å². The molecule has 0 saturated carbocycles. The minimum atomic E-state index is -0.771. The highest BCUT2D eigenvalue weighted by atomic mass is 16.6. The molecule has 1 aliphatic heterocycles. The van der Waals surface area contributed by atoms with Crippen molar-refractivity contribution < 1.29 is 25.3 Å². The smallest absolute Gasteiger partial charge is 0.415 e. The second kappa shape index (κ2) is 5.99. The van der Waals surface area contributed by atoms with Gasteiger partial charge >= 0.3 is 18.0 Å². The van der Waals surface area contributed by atoms with Crippen LogP contribution in [0.5, 0.6) is 0 Å². The Morgan fingerprint density at radius 2 is 2.05 bits per heavy atom. The van der Waals surface area contributed by atoms with Crippen LogP contribution in [-0.4, -0.2) is 24.1 Å². The maximum atomic E-state index is 11.5. The number of hydrogen-bond donors (Lipinski definition) is 1. The number of nitrogens with one attached hydrogen (secondary N) is 1. The number of amides is 1. The zero-order valence-corrected chi connectivity index (χ0v) is 10.1. The summed E-state index contributed by atoms with van der Waals surface area (Å²) in [6.45, 7) is 0.196. The van der Waals surface area contributed by atoms with Crippen molar-refractivity contribution in [3.8, 4) is 0 Å². The highest BCUT2D eigenvalue weighted by molar-refractivity contribution is 5.95. The molecule has 0 aliphatic carbocycles. The van der Waals surface area contributed by atoms with E-state index in [-0.39, 0.29) is 20.9 Å². The van der Waals surface area contributed by atoms with E-state index in [2.05, 4.69) is 10.1 Å². The second-order valence-corrected chi connectivity index (χ2v) is 4.09. The van der Waals surface area contributed by atoms with Crippen LogP contribution >= 0.6 is 0 Å². The van der Waals surface area contributed by atoms with E-state index in [9.17, 15) is 14.4 Å². The molecular weight excluding hydrogens is 250 g/mol. The Morgan fingerprint density at radius 3 is 2.68 bits per heavy atom. The summed E-state index contributed by atoms with van der Waals surface area (Å²) in [5.41, 5.74) is 0.893. The molecular formula is C13H15NO5. The van der Waals surface area contributed by atoms with Crippen LogP contribution in [0.25, 0.3) is 0 Å². The number of esters is 2. The number of rotatable bonds is 5. The van der Waals surface area contributed by atoms with E-state index in [0.717, 1.165) is 5.56 Å². The Morgan fingerprint density at radius 1 is 1.32 bits per heavy atom. The van der Waals surface area contributed by atoms with E-state index in [4.69, 9.17) is 4.74 Å². The Hall–Kier alpha value is -2.37. The number of benzene rings is 1. The van der Waals surface area contributed by atoms with Crippen LogP contribution in [0.4, 0.5) is 4.79 Å². The third kappa shape index (κ3) is 3.80. The summed E-state index contributed by atoms with van der Waals surface area (Å²) in [6, 6.07) is 8.53. The first-order valence-electron chi connectivity index (χ1n) is 5.87. The van der Waals surface area contributed by atoms with Gasteiger partial charge in [0.25, 0.3) is 0 Å². The molecule has 1 amide bonds. The van der Waals surface area contributed by atoms with E-state index in [1.165, 1.54) is 0 Å². The average Bonchev–Trinajstić information content (AvgIpc) is 2.73. The lowest BCUT2D eigenvalue weighted by atomic mass is 10.1. The molecule has 1 heterocycles. The van der Waals surface area contributed by atoms with Crippen molar-refractivity contribution in [1.29, 1.82) is 0 Å². The van der Waals surface area contributed by atoms with Crippen molar-refractivity contribution in [3.63, 3.8) is 0 Å². The van der Waals surface area contributed by atoms with Crippen LogP contribution in [0.15, 0.2) is 30.3 Å². The molecule has 0 aromatic heterocycles. The second-order valence-electron chi connectivity index (χ2n) is 4.09. The lowest BCUT2D eigenvalue weighted by Crippen LogP contribution is -2.29. The first kappa shape index (κ1) is 13.1. The van der Waals surface area contributed by atoms with Gasteiger partial charge in [-0.3, -0.25) is 4.79 Å². The average molecular weight is 265 g/mol. The Balaban J connectivity index is 0.00000200. The van der Waals surface area contributed by atoms with Crippen molar-refractivity contribution in [3.05, 3.63) is 35.9 Å². The number of ether oxygens (including phenoxy) is 2. The van der Waals surface area contributed by atoms with E-state index < -0.39 is 24.1 Å². The van der Waals surface area contributed by atoms with Gasteiger partial charge in [0.15, 0.2) is 0 Å². The van der Waals surface area contributed by atoms with E-state index in [0.29, 0.717) is 0 Å². The lowest BCUT2D eigenvalue weighted by Gasteiger charge is -2.06. The van der Waals surface area contributed by atoms with Crippen LogP contribution in [0.1, 0.15) is 19.8 Å². The molecule has 6 nitrogen and oxygen atoms in total. The Bertz CT molecular complexity index is 491. The summed E-state index contributed by atoms with van der Waals surface area (Å²) in [5.74, 6) is -1.07. The maximum absolute atomic E-state index is 11.5. The summed E-state index contributed by atoms with van der Waals surface area (Å²) >= 11 is 0. The van der Waals surface area contributed by atoms with Crippen molar-refractivity contribution in [2.24, 2.45) is 0 Å². The summed E-state index contributed by atoms with van der Waals surface area (Å²) < 4.78 is 9.34. The molecule has 6 heteroatoms. The summed E-state index contributed by atoms with van der Waals surface area (Å²) in [5, 5.41) is 2.31. The fourth-order valence-corrected chi connectivity index (χ4v) is 1.66. The molecule has 1 aromatic rings. The van der Waals surface area contributed by atoms with Crippen molar-refractivity contribution in [2.75, 3.05) is 0 Å². The SMILES string of the molecule is O=C(CC[C@@H]1NC(=O)OC1=O)OCc1ccccc1.[HH]. The van der Waals surface area contributed by atoms with Gasteiger partial charge in [-0.25, -0.2) is 9.59 Å². The number of alkyl carbamates (subject to hydrolysis) is 1. The predicted molar refractivity (Wildman–Crippen MR) is 66.0 cm³/mol. The first-order valence-corrected chi connectivity index (χ1v) is 5.87. The molecule has 102 valence electrons. The number of cyclic esters (lactones) is 2. The molecule has 1 atom stereocenters. The van der Waals surface area contributed by atoms with Gasteiger partial charge in [-0.05, 0) is 12.0 Å². The van der Waals surface area contributed by atoms with Crippen LogP contribution in [0, 0.1) is 0 Å². The normalized spacial score (nSPS) is 17.8. The maximum Gasteiger partial charge on any atom is 0.415 e. The van der Waals surface area contributed by atoms with E-state index in [1.807, 2.05) is 30.3 Å². The van der Waals surface area contributed by atoms with Gasteiger partial charge in [0.2, 0.25) is 0 Å². The number of carbonyl (C=O) groups is 3. The van der Waals surface area contributed by atoms with Crippen molar-refractivity contribution in [1.82, 2.24) is 5.32 Å². The predicted octanol–water partition coefficient (Wildman–Crippen LogP) is 1.39. The van der Waals surface area contributed by atoms with Crippen molar-refractivity contribution in [2.45, 2.75) is 25.5 Å². The number of carbonyl (C=O) groups excluding carboxylic acids is 3. The molecule has 0 unspecified atom stereocenters. The van der Waals surface area contributed by atoms with Gasteiger partial charge < -0.3 is 14.8 Å². The molecule has 1 saturated heterocycles. The lowest BCUT2D eigenvalue weighted by molar-refractivity contribution is -0.145. The molecule has 1 fully saturated rings. The van der Waals surface area contributed by atoms with Crippen LogP contribution < -0.4 is 5.32 Å². The van der Waals surface area contributed by atoms with Gasteiger partial charge in [0, 0.05) is 7.85 Å². The zero-order valence-electron chi connectivity index (χ0n) is 10.1. The fourth-order valence-electron chi connectivity index (χ4n) is 1.66. The Labute approximate surface area is 111 Å². The highest BCUT2D eigenvalue weighted by Gasteiger charge is 2.32. The molecule has 0 radical (unpaired) electrons.